The quantitative estimate of drug-likeness (QED) is 0.281. The molecule has 1 aliphatic heterocycles. The molecule has 9 nitrogen and oxygen atoms in total. The molecule has 0 radical (unpaired) electrons. The summed E-state index contributed by atoms with van der Waals surface area (Å²) < 4.78 is 22.4. The van der Waals surface area contributed by atoms with Crippen molar-refractivity contribution in [3.63, 3.8) is 0 Å². The number of hydrogen-bond acceptors (Lipinski definition) is 9. The molecule has 1 saturated heterocycles. The van der Waals surface area contributed by atoms with E-state index in [1.807, 2.05) is 6.92 Å². The molecule has 7 unspecified atom stereocenters. The second-order valence-electron chi connectivity index (χ2n) is 9.33. The van der Waals surface area contributed by atoms with Crippen molar-refractivity contribution in [3.8, 4) is 0 Å². The molecule has 1 N–H and O–H groups in total. The maximum absolute atomic E-state index is 12.8. The zero-order valence-electron chi connectivity index (χ0n) is 19.9. The van der Waals surface area contributed by atoms with E-state index in [1.165, 1.54) is 13.8 Å². The van der Waals surface area contributed by atoms with Gasteiger partial charge in [-0.3, -0.25) is 14.4 Å². The maximum atomic E-state index is 12.8. The first-order valence-electron chi connectivity index (χ1n) is 11.2. The van der Waals surface area contributed by atoms with Gasteiger partial charge in [0.05, 0.1) is 17.9 Å². The molecule has 2 aliphatic carbocycles. The van der Waals surface area contributed by atoms with E-state index in [2.05, 4.69) is 0 Å². The summed E-state index contributed by atoms with van der Waals surface area (Å²) in [6, 6.07) is 0. The van der Waals surface area contributed by atoms with E-state index >= 15 is 0 Å². The average Bonchev–Trinajstić information content (AvgIpc) is 3.00. The summed E-state index contributed by atoms with van der Waals surface area (Å²) >= 11 is 0. The fraction of sp³-hybridized carbons (Fsp3) is 0.667. The highest BCUT2D eigenvalue weighted by Gasteiger charge is 2.62. The van der Waals surface area contributed by atoms with Gasteiger partial charge in [-0.05, 0) is 31.4 Å². The van der Waals surface area contributed by atoms with Crippen LogP contribution in [0.2, 0.25) is 0 Å². The molecule has 0 aromatic rings. The van der Waals surface area contributed by atoms with Gasteiger partial charge < -0.3 is 24.1 Å². The Kier molecular flexibility index (Phi) is 7.02. The number of carbonyl (C=O) groups is 4. The first kappa shape index (κ1) is 25.0. The summed E-state index contributed by atoms with van der Waals surface area (Å²) in [6.07, 6.45) is -1.33. The van der Waals surface area contributed by atoms with Gasteiger partial charge >= 0.3 is 23.9 Å². The number of hydrogen-bond donors (Lipinski definition) is 1. The van der Waals surface area contributed by atoms with Gasteiger partial charge in [0.2, 0.25) is 0 Å². The van der Waals surface area contributed by atoms with Gasteiger partial charge in [-0.15, -0.1) is 0 Å². The Balaban J connectivity index is 2.20. The molecule has 3 rings (SSSR count). The van der Waals surface area contributed by atoms with Crippen LogP contribution in [-0.4, -0.2) is 60.0 Å². The summed E-state index contributed by atoms with van der Waals surface area (Å²) in [4.78, 5) is 48.8. The lowest BCUT2D eigenvalue weighted by Crippen LogP contribution is -2.57. The van der Waals surface area contributed by atoms with Crippen molar-refractivity contribution in [2.75, 3.05) is 6.61 Å². The maximum Gasteiger partial charge on any atom is 0.333 e. The van der Waals surface area contributed by atoms with Crippen molar-refractivity contribution in [3.05, 3.63) is 22.8 Å². The topological polar surface area (TPSA) is 125 Å². The molecule has 3 aliphatic rings. The Hall–Kier alpha value is -2.68. The lowest BCUT2D eigenvalue weighted by Gasteiger charge is -2.53. The third-order valence-corrected chi connectivity index (χ3v) is 7.14. The van der Waals surface area contributed by atoms with Crippen LogP contribution in [0.25, 0.3) is 0 Å². The van der Waals surface area contributed by atoms with Gasteiger partial charge in [-0.2, -0.15) is 0 Å². The summed E-state index contributed by atoms with van der Waals surface area (Å²) in [7, 11) is 0. The highest BCUT2D eigenvalue weighted by molar-refractivity contribution is 5.88. The van der Waals surface area contributed by atoms with Crippen LogP contribution in [0.1, 0.15) is 54.4 Å². The number of carbonyl (C=O) groups excluding carboxylic acids is 4. The van der Waals surface area contributed by atoms with E-state index in [0.717, 1.165) is 0 Å². The van der Waals surface area contributed by atoms with Crippen molar-refractivity contribution in [1.82, 2.24) is 0 Å². The third-order valence-electron chi connectivity index (χ3n) is 7.14. The van der Waals surface area contributed by atoms with Gasteiger partial charge in [0.1, 0.15) is 24.9 Å². The highest BCUT2D eigenvalue weighted by atomic mass is 16.6. The number of fused-ring (bicyclic) bond motifs is 2. The molecule has 2 fully saturated rings. The fourth-order valence-corrected chi connectivity index (χ4v) is 5.33. The minimum Gasteiger partial charge on any atom is -0.462 e. The zero-order valence-corrected chi connectivity index (χ0v) is 19.9. The molecule has 182 valence electrons. The van der Waals surface area contributed by atoms with E-state index < -0.39 is 65.5 Å². The van der Waals surface area contributed by atoms with Gasteiger partial charge in [-0.25, -0.2) is 4.79 Å². The van der Waals surface area contributed by atoms with Crippen LogP contribution in [0.3, 0.4) is 0 Å². The molecule has 0 amide bonds. The largest absolute Gasteiger partial charge is 0.462 e. The molecule has 7 atom stereocenters. The molecule has 1 saturated carbocycles. The van der Waals surface area contributed by atoms with Crippen molar-refractivity contribution in [2.45, 2.75) is 78.8 Å². The SMILES string of the molecule is CC=C(C)C(=O)OC1C2=C(COC(C)=O)C(O)CC(OC(C)=O)C2(C)CC2OC(=O)C(C)C21. The zero-order chi connectivity index (χ0) is 24.7. The second-order valence-corrected chi connectivity index (χ2v) is 9.33. The van der Waals surface area contributed by atoms with Crippen LogP contribution in [-0.2, 0) is 38.1 Å². The number of aliphatic hydroxyl groups excluding tert-OH is 1. The third kappa shape index (κ3) is 4.55. The summed E-state index contributed by atoms with van der Waals surface area (Å²) in [6.45, 7) is 9.22. The van der Waals surface area contributed by atoms with Gasteiger partial charge in [0.25, 0.3) is 0 Å². The second kappa shape index (κ2) is 9.29. The molecule has 0 aromatic carbocycles. The Morgan fingerprint density at radius 3 is 2.42 bits per heavy atom. The first-order valence-corrected chi connectivity index (χ1v) is 11.2. The van der Waals surface area contributed by atoms with E-state index in [-0.39, 0.29) is 13.0 Å². The summed E-state index contributed by atoms with van der Waals surface area (Å²) in [5, 5.41) is 11.0. The monoisotopic (exact) mass is 464 g/mol. The van der Waals surface area contributed by atoms with E-state index in [9.17, 15) is 24.3 Å². The van der Waals surface area contributed by atoms with E-state index in [0.29, 0.717) is 23.1 Å². The number of ether oxygens (including phenoxy) is 4. The van der Waals surface area contributed by atoms with Gasteiger partial charge in [0, 0.05) is 31.3 Å². The Morgan fingerprint density at radius 2 is 1.85 bits per heavy atom. The Morgan fingerprint density at radius 1 is 1.18 bits per heavy atom. The molecule has 1 heterocycles. The number of rotatable bonds is 5. The van der Waals surface area contributed by atoms with E-state index in [4.69, 9.17) is 18.9 Å². The van der Waals surface area contributed by atoms with Crippen LogP contribution in [0, 0.1) is 17.3 Å². The van der Waals surface area contributed by atoms with Crippen LogP contribution >= 0.6 is 0 Å². The molecular weight excluding hydrogens is 432 g/mol. The van der Waals surface area contributed by atoms with Crippen LogP contribution in [0.5, 0.6) is 0 Å². The predicted molar refractivity (Wildman–Crippen MR) is 114 cm³/mol. The van der Waals surface area contributed by atoms with Crippen molar-refractivity contribution in [2.24, 2.45) is 17.3 Å². The molecule has 0 spiro atoms. The molecule has 9 heteroatoms. The van der Waals surface area contributed by atoms with Gasteiger partial charge in [0.15, 0.2) is 0 Å². The normalized spacial score (nSPS) is 35.8. The molecular formula is C24H32O9. The van der Waals surface area contributed by atoms with Crippen molar-refractivity contribution in [1.29, 1.82) is 0 Å². The average molecular weight is 465 g/mol. The summed E-state index contributed by atoms with van der Waals surface area (Å²) in [5.41, 5.74) is 0.391. The van der Waals surface area contributed by atoms with Crippen molar-refractivity contribution < 1.29 is 43.2 Å². The smallest absolute Gasteiger partial charge is 0.333 e. The lowest BCUT2D eigenvalue weighted by molar-refractivity contribution is -0.168. The van der Waals surface area contributed by atoms with Crippen molar-refractivity contribution >= 4 is 23.9 Å². The standard InChI is InChI=1S/C24H32O9/c1-7-11(2)22(28)33-21-19-12(3)23(29)32-17(19)9-24(6)18(31-14(5)26)8-16(27)15(20(21)24)10-30-13(4)25/h7,12,16-19,21,27H,8-10H2,1-6H3. The molecule has 0 aromatic heterocycles. The van der Waals surface area contributed by atoms with E-state index in [1.54, 1.807) is 26.8 Å². The summed E-state index contributed by atoms with van der Waals surface area (Å²) in [5.74, 6) is -3.07. The first-order chi connectivity index (χ1) is 15.4. The lowest BCUT2D eigenvalue weighted by atomic mass is 9.56. The minimum atomic E-state index is -1.09. The fourth-order valence-electron chi connectivity index (χ4n) is 5.33. The Labute approximate surface area is 193 Å². The predicted octanol–water partition coefficient (Wildman–Crippen LogP) is 2.01. The highest BCUT2D eigenvalue weighted by Crippen LogP contribution is 2.57. The number of aliphatic hydroxyl groups is 1. The van der Waals surface area contributed by atoms with Crippen LogP contribution < -0.4 is 0 Å². The molecule has 0 bridgehead atoms. The van der Waals surface area contributed by atoms with Gasteiger partial charge in [-0.1, -0.05) is 19.9 Å². The Bertz CT molecular complexity index is 917. The number of esters is 4. The van der Waals surface area contributed by atoms with Crippen LogP contribution in [0.15, 0.2) is 22.8 Å². The van der Waals surface area contributed by atoms with Crippen LogP contribution in [0.4, 0.5) is 0 Å². The minimum absolute atomic E-state index is 0.0750. The number of allylic oxidation sites excluding steroid dienone is 1. The molecule has 33 heavy (non-hydrogen) atoms.